The number of nitrogens with zero attached hydrogens (tertiary/aromatic N) is 4. The van der Waals surface area contributed by atoms with Gasteiger partial charge in [0, 0.05) is 36.8 Å². The van der Waals surface area contributed by atoms with Crippen molar-refractivity contribution in [2.75, 3.05) is 5.32 Å². The first-order valence-electron chi connectivity index (χ1n) is 9.23. The third-order valence-corrected chi connectivity index (χ3v) is 4.61. The summed E-state index contributed by atoms with van der Waals surface area (Å²) in [5.41, 5.74) is 2.44. The van der Waals surface area contributed by atoms with Gasteiger partial charge >= 0.3 is 0 Å². The molecule has 146 valence electrons. The van der Waals surface area contributed by atoms with Crippen LogP contribution in [-0.4, -0.2) is 25.2 Å². The minimum atomic E-state index is -0.283. The van der Waals surface area contributed by atoms with Crippen LogP contribution in [0.4, 0.5) is 10.2 Å². The summed E-state index contributed by atoms with van der Waals surface area (Å²) in [5.74, 6) is 0.881. The Hall–Kier alpha value is -3.74. The lowest BCUT2D eigenvalue weighted by atomic mass is 10.1. The van der Waals surface area contributed by atoms with Crippen molar-refractivity contribution in [3.8, 4) is 0 Å². The lowest BCUT2D eigenvalue weighted by molar-refractivity contribution is 0.102. The van der Waals surface area contributed by atoms with Crippen molar-refractivity contribution in [1.29, 1.82) is 0 Å². The number of imidazole rings is 1. The van der Waals surface area contributed by atoms with Crippen LogP contribution < -0.4 is 5.32 Å². The number of nitrogens with one attached hydrogen (secondary N) is 1. The Labute approximate surface area is 167 Å². The summed E-state index contributed by atoms with van der Waals surface area (Å²) in [5, 5.41) is 7.12. The average Bonchev–Trinajstić information content (AvgIpc) is 3.31. The van der Waals surface area contributed by atoms with Gasteiger partial charge in [0.15, 0.2) is 5.82 Å². The van der Waals surface area contributed by atoms with Crippen LogP contribution in [0.15, 0.2) is 73.2 Å². The van der Waals surface area contributed by atoms with E-state index < -0.39 is 0 Å². The van der Waals surface area contributed by atoms with E-state index in [1.54, 1.807) is 41.3 Å². The van der Waals surface area contributed by atoms with Crippen LogP contribution in [-0.2, 0) is 13.1 Å². The first kappa shape index (κ1) is 18.6. The molecule has 1 amide bonds. The number of aryl methyl sites for hydroxylation is 1. The van der Waals surface area contributed by atoms with Crippen LogP contribution in [0.1, 0.15) is 27.3 Å². The van der Waals surface area contributed by atoms with Crippen LogP contribution in [0.3, 0.4) is 0 Å². The molecule has 0 atom stereocenters. The van der Waals surface area contributed by atoms with Gasteiger partial charge < -0.3 is 9.88 Å². The van der Waals surface area contributed by atoms with Gasteiger partial charge in [-0.05, 0) is 42.3 Å². The van der Waals surface area contributed by atoms with Crippen LogP contribution in [0.5, 0.6) is 0 Å². The van der Waals surface area contributed by atoms with Gasteiger partial charge in [-0.15, -0.1) is 0 Å². The summed E-state index contributed by atoms with van der Waals surface area (Å²) in [6.45, 7) is 3.09. The molecule has 0 aliphatic carbocycles. The van der Waals surface area contributed by atoms with E-state index >= 15 is 0 Å². The number of anilines is 1. The second-order valence-corrected chi connectivity index (χ2v) is 6.78. The van der Waals surface area contributed by atoms with E-state index in [0.717, 1.165) is 17.0 Å². The summed E-state index contributed by atoms with van der Waals surface area (Å²) in [4.78, 5) is 16.7. The van der Waals surface area contributed by atoms with Gasteiger partial charge in [0.2, 0.25) is 0 Å². The maximum Gasteiger partial charge on any atom is 0.256 e. The van der Waals surface area contributed by atoms with Crippen LogP contribution in [0.25, 0.3) is 0 Å². The molecule has 0 aliphatic heterocycles. The normalized spacial score (nSPS) is 10.8. The molecule has 0 aliphatic rings. The second-order valence-electron chi connectivity index (χ2n) is 6.78. The molecular formula is C22H20FN5O. The molecule has 4 rings (SSSR count). The summed E-state index contributed by atoms with van der Waals surface area (Å²) in [6, 6.07) is 15.5. The molecule has 4 aromatic rings. The molecule has 6 nitrogen and oxygen atoms in total. The van der Waals surface area contributed by atoms with Gasteiger partial charge in [0.25, 0.3) is 5.91 Å². The zero-order valence-electron chi connectivity index (χ0n) is 15.9. The van der Waals surface area contributed by atoms with Crippen molar-refractivity contribution in [3.05, 3.63) is 102 Å². The third kappa shape index (κ3) is 4.57. The molecule has 0 saturated carbocycles. The Balaban J connectivity index is 1.38. The zero-order valence-corrected chi connectivity index (χ0v) is 15.9. The maximum absolute atomic E-state index is 13.3. The van der Waals surface area contributed by atoms with Gasteiger partial charge in [-0.25, -0.2) is 9.37 Å². The molecular weight excluding hydrogens is 369 g/mol. The number of carbonyl (C=O) groups is 1. The monoisotopic (exact) mass is 389 g/mol. The first-order valence-corrected chi connectivity index (χ1v) is 9.23. The summed E-state index contributed by atoms with van der Waals surface area (Å²) in [6.07, 6.45) is 5.44. The van der Waals surface area contributed by atoms with E-state index in [1.165, 1.54) is 12.1 Å². The van der Waals surface area contributed by atoms with Gasteiger partial charge in [0.1, 0.15) is 11.6 Å². The van der Waals surface area contributed by atoms with E-state index in [4.69, 9.17) is 0 Å². The minimum Gasteiger partial charge on any atom is -0.331 e. The molecule has 0 fully saturated rings. The highest BCUT2D eigenvalue weighted by Gasteiger charge is 2.09. The number of rotatable bonds is 6. The third-order valence-electron chi connectivity index (χ3n) is 4.61. The predicted molar refractivity (Wildman–Crippen MR) is 108 cm³/mol. The molecule has 2 heterocycles. The number of hydrogen-bond acceptors (Lipinski definition) is 3. The molecule has 0 bridgehead atoms. The number of halogens is 1. The Morgan fingerprint density at radius 1 is 1.03 bits per heavy atom. The van der Waals surface area contributed by atoms with Crippen molar-refractivity contribution in [2.45, 2.75) is 20.0 Å². The van der Waals surface area contributed by atoms with E-state index in [0.29, 0.717) is 24.5 Å². The molecule has 1 N–H and O–H groups in total. The predicted octanol–water partition coefficient (Wildman–Crippen LogP) is 3.88. The van der Waals surface area contributed by atoms with E-state index in [2.05, 4.69) is 15.4 Å². The minimum absolute atomic E-state index is 0.230. The van der Waals surface area contributed by atoms with Crippen LogP contribution in [0.2, 0.25) is 0 Å². The SMILES string of the molecule is Cc1nccn1Cc1ccc(C(=O)Nc2ccn(Cc3cccc(F)c3)n2)cc1. The number of amides is 1. The highest BCUT2D eigenvalue weighted by molar-refractivity contribution is 6.03. The Bertz CT molecular complexity index is 1130. The number of carbonyl (C=O) groups excluding carboxylic acids is 1. The largest absolute Gasteiger partial charge is 0.331 e. The highest BCUT2D eigenvalue weighted by atomic mass is 19.1. The summed E-state index contributed by atoms with van der Waals surface area (Å²) in [7, 11) is 0. The molecule has 0 radical (unpaired) electrons. The molecule has 0 unspecified atom stereocenters. The van der Waals surface area contributed by atoms with Gasteiger partial charge in [0.05, 0.1) is 6.54 Å². The fraction of sp³-hybridized carbons (Fsp3) is 0.136. The molecule has 7 heteroatoms. The van der Waals surface area contributed by atoms with Gasteiger partial charge in [-0.1, -0.05) is 24.3 Å². The van der Waals surface area contributed by atoms with E-state index in [9.17, 15) is 9.18 Å². The molecule has 0 saturated heterocycles. The fourth-order valence-corrected chi connectivity index (χ4v) is 3.06. The van der Waals surface area contributed by atoms with E-state index in [1.807, 2.05) is 35.9 Å². The maximum atomic E-state index is 13.3. The number of benzene rings is 2. The summed E-state index contributed by atoms with van der Waals surface area (Å²) < 4.78 is 17.0. The molecule has 2 aromatic carbocycles. The lowest BCUT2D eigenvalue weighted by Gasteiger charge is -2.07. The van der Waals surface area contributed by atoms with Crippen LogP contribution in [0, 0.1) is 12.7 Å². The molecule has 29 heavy (non-hydrogen) atoms. The first-order chi connectivity index (χ1) is 14.1. The number of hydrogen-bond donors (Lipinski definition) is 1. The quantitative estimate of drug-likeness (QED) is 0.544. The second kappa shape index (κ2) is 8.10. The van der Waals surface area contributed by atoms with Crippen LogP contribution >= 0.6 is 0 Å². The van der Waals surface area contributed by atoms with Crippen molar-refractivity contribution < 1.29 is 9.18 Å². The van der Waals surface area contributed by atoms with Crippen molar-refractivity contribution in [2.24, 2.45) is 0 Å². The van der Waals surface area contributed by atoms with Crippen molar-refractivity contribution >= 4 is 11.7 Å². The van der Waals surface area contributed by atoms with Gasteiger partial charge in [-0.2, -0.15) is 5.10 Å². The smallest absolute Gasteiger partial charge is 0.256 e. The van der Waals surface area contributed by atoms with Crippen molar-refractivity contribution in [3.63, 3.8) is 0 Å². The summed E-state index contributed by atoms with van der Waals surface area (Å²) >= 11 is 0. The Morgan fingerprint density at radius 2 is 1.86 bits per heavy atom. The topological polar surface area (TPSA) is 64.7 Å². The number of aromatic nitrogens is 4. The average molecular weight is 389 g/mol. The van der Waals surface area contributed by atoms with Crippen molar-refractivity contribution in [1.82, 2.24) is 19.3 Å². The molecule has 0 spiro atoms. The van der Waals surface area contributed by atoms with E-state index in [-0.39, 0.29) is 11.7 Å². The Morgan fingerprint density at radius 3 is 2.59 bits per heavy atom. The Kier molecular flexibility index (Phi) is 5.20. The fourth-order valence-electron chi connectivity index (χ4n) is 3.06. The lowest BCUT2D eigenvalue weighted by Crippen LogP contribution is -2.13. The molecule has 2 aromatic heterocycles. The zero-order chi connectivity index (χ0) is 20.2. The standard InChI is InChI=1S/C22H20FN5O/c1-16-24-10-12-27(16)14-17-5-7-19(8-6-17)22(29)25-21-9-11-28(26-21)15-18-3-2-4-20(23)13-18/h2-13H,14-15H2,1H3,(H,25,26,29). The highest BCUT2D eigenvalue weighted by Crippen LogP contribution is 2.12. The van der Waals surface area contributed by atoms with Gasteiger partial charge in [-0.3, -0.25) is 9.48 Å².